The molecule has 0 unspecified atom stereocenters. The molecule has 6 nitrogen and oxygen atoms in total. The summed E-state index contributed by atoms with van der Waals surface area (Å²) in [4.78, 5) is 2.53. The van der Waals surface area contributed by atoms with Crippen molar-refractivity contribution in [3.05, 3.63) is 18.2 Å². The van der Waals surface area contributed by atoms with E-state index in [9.17, 15) is 8.42 Å². The van der Waals surface area contributed by atoms with Gasteiger partial charge in [-0.2, -0.15) is 4.31 Å². The highest BCUT2D eigenvalue weighted by atomic mass is 32.2. The topological polar surface area (TPSA) is 59.1 Å². The normalized spacial score (nSPS) is 22.0. The van der Waals surface area contributed by atoms with Gasteiger partial charge in [-0.25, -0.2) is 8.42 Å². The van der Waals surface area contributed by atoms with Gasteiger partial charge in [-0.05, 0) is 56.9 Å². The van der Waals surface area contributed by atoms with E-state index < -0.39 is 10.0 Å². The van der Waals surface area contributed by atoms with Gasteiger partial charge in [0.05, 0.1) is 14.2 Å². The summed E-state index contributed by atoms with van der Waals surface area (Å²) < 4.78 is 38.3. The van der Waals surface area contributed by atoms with Gasteiger partial charge in [0.25, 0.3) is 0 Å². The summed E-state index contributed by atoms with van der Waals surface area (Å²) in [6, 6.07) is 4.86. The average molecular weight is 354 g/mol. The summed E-state index contributed by atoms with van der Waals surface area (Å²) in [7, 11) is 1.60. The first-order valence-electron chi connectivity index (χ1n) is 8.31. The van der Waals surface area contributed by atoms with E-state index in [1.807, 2.05) is 0 Å². The van der Waals surface area contributed by atoms with Crippen molar-refractivity contribution >= 4 is 10.0 Å². The number of piperidine rings is 1. The number of hydrogen-bond donors (Lipinski definition) is 0. The zero-order valence-electron chi connectivity index (χ0n) is 14.6. The molecule has 134 valence electrons. The molecule has 2 fully saturated rings. The monoisotopic (exact) mass is 354 g/mol. The Morgan fingerprint density at radius 2 is 1.71 bits per heavy atom. The van der Waals surface area contributed by atoms with Crippen molar-refractivity contribution in [1.29, 1.82) is 0 Å². The number of benzene rings is 1. The fourth-order valence-corrected chi connectivity index (χ4v) is 5.42. The van der Waals surface area contributed by atoms with Gasteiger partial charge in [0, 0.05) is 19.2 Å². The van der Waals surface area contributed by atoms with E-state index in [4.69, 9.17) is 9.47 Å². The average Bonchev–Trinajstić information content (AvgIpc) is 3.02. The third-order valence-electron chi connectivity index (χ3n) is 5.44. The molecule has 2 heterocycles. The Balaban J connectivity index is 1.84. The molecular weight excluding hydrogens is 328 g/mol. The van der Waals surface area contributed by atoms with Gasteiger partial charge >= 0.3 is 0 Å². The van der Waals surface area contributed by atoms with Gasteiger partial charge in [-0.3, -0.25) is 0 Å². The molecule has 0 aliphatic carbocycles. The summed E-state index contributed by atoms with van der Waals surface area (Å²) >= 11 is 0. The highest BCUT2D eigenvalue weighted by Gasteiger charge is 2.44. The molecular formula is C17H26N2O4S. The first kappa shape index (κ1) is 17.5. The molecule has 0 aromatic heterocycles. The molecule has 3 rings (SSSR count). The maximum absolute atomic E-state index is 13.1. The molecule has 7 heteroatoms. The number of sulfonamides is 1. The minimum atomic E-state index is -3.56. The third kappa shape index (κ3) is 3.12. The molecule has 0 radical (unpaired) electrons. The lowest BCUT2D eigenvalue weighted by molar-refractivity contribution is 0.134. The zero-order valence-corrected chi connectivity index (χ0v) is 15.4. The predicted molar refractivity (Wildman–Crippen MR) is 92.1 cm³/mol. The largest absolute Gasteiger partial charge is 0.497 e. The number of ether oxygens (including phenoxy) is 2. The molecule has 0 saturated carbocycles. The Hall–Kier alpha value is -1.31. The first-order valence-corrected chi connectivity index (χ1v) is 9.75. The van der Waals surface area contributed by atoms with Gasteiger partial charge in [-0.1, -0.05) is 0 Å². The molecule has 24 heavy (non-hydrogen) atoms. The standard InChI is InChI=1S/C17H26N2O4S/c1-18-9-6-17(7-10-18)8-11-19(13-17)24(20,21)16-5-4-14(22-2)12-15(16)23-3/h4-5,12H,6-11,13H2,1-3H3. The van der Waals surface area contributed by atoms with Gasteiger partial charge in [0.15, 0.2) is 0 Å². The van der Waals surface area contributed by atoms with Gasteiger partial charge in [-0.15, -0.1) is 0 Å². The van der Waals surface area contributed by atoms with Crippen molar-refractivity contribution in [2.24, 2.45) is 5.41 Å². The Morgan fingerprint density at radius 1 is 1.04 bits per heavy atom. The summed E-state index contributed by atoms with van der Waals surface area (Å²) in [5.74, 6) is 0.915. The van der Waals surface area contributed by atoms with Crippen LogP contribution in [0.4, 0.5) is 0 Å². The van der Waals surface area contributed by atoms with E-state index in [-0.39, 0.29) is 10.3 Å². The molecule has 0 amide bonds. The van der Waals surface area contributed by atoms with Crippen LogP contribution in [0, 0.1) is 5.41 Å². The summed E-state index contributed by atoms with van der Waals surface area (Å²) in [5.41, 5.74) is 0.138. The number of rotatable bonds is 4. The van der Waals surface area contributed by atoms with Crippen LogP contribution in [-0.2, 0) is 10.0 Å². The van der Waals surface area contributed by atoms with Crippen LogP contribution in [0.3, 0.4) is 0 Å². The zero-order chi connectivity index (χ0) is 17.4. The second kappa shape index (κ2) is 6.54. The SMILES string of the molecule is COc1ccc(S(=O)(=O)N2CCC3(CCN(C)CC3)C2)c(OC)c1. The Morgan fingerprint density at radius 3 is 2.33 bits per heavy atom. The van der Waals surface area contributed by atoms with Crippen LogP contribution >= 0.6 is 0 Å². The van der Waals surface area contributed by atoms with Crippen LogP contribution in [0.1, 0.15) is 19.3 Å². The van der Waals surface area contributed by atoms with E-state index in [1.54, 1.807) is 29.6 Å². The van der Waals surface area contributed by atoms with Crippen LogP contribution in [0.15, 0.2) is 23.1 Å². The van der Waals surface area contributed by atoms with Crippen LogP contribution in [0.2, 0.25) is 0 Å². The summed E-state index contributed by atoms with van der Waals surface area (Å²) in [5, 5.41) is 0. The molecule has 1 aromatic carbocycles. The van der Waals surface area contributed by atoms with Crippen molar-refractivity contribution in [3.8, 4) is 11.5 Å². The molecule has 1 aromatic rings. The van der Waals surface area contributed by atoms with Crippen molar-refractivity contribution in [3.63, 3.8) is 0 Å². The highest BCUT2D eigenvalue weighted by molar-refractivity contribution is 7.89. The second-order valence-corrected chi connectivity index (χ2v) is 8.82. The van der Waals surface area contributed by atoms with Gasteiger partial charge < -0.3 is 14.4 Å². The Kier molecular flexibility index (Phi) is 4.77. The van der Waals surface area contributed by atoms with Crippen molar-refractivity contribution in [2.75, 3.05) is 47.4 Å². The number of likely N-dealkylation sites (tertiary alicyclic amines) is 1. The lowest BCUT2D eigenvalue weighted by Crippen LogP contribution is -2.40. The van der Waals surface area contributed by atoms with E-state index >= 15 is 0 Å². The highest BCUT2D eigenvalue weighted by Crippen LogP contribution is 2.43. The minimum Gasteiger partial charge on any atom is -0.497 e. The summed E-state index contributed by atoms with van der Waals surface area (Å²) in [6.45, 7) is 3.28. The van der Waals surface area contributed by atoms with Crippen LogP contribution in [0.25, 0.3) is 0 Å². The van der Waals surface area contributed by atoms with Crippen LogP contribution in [0.5, 0.6) is 11.5 Å². The van der Waals surface area contributed by atoms with Crippen molar-refractivity contribution < 1.29 is 17.9 Å². The van der Waals surface area contributed by atoms with E-state index in [0.29, 0.717) is 24.6 Å². The molecule has 0 bridgehead atoms. The van der Waals surface area contributed by atoms with E-state index in [2.05, 4.69) is 11.9 Å². The molecule has 0 atom stereocenters. The van der Waals surface area contributed by atoms with Gasteiger partial charge in [0.1, 0.15) is 16.4 Å². The van der Waals surface area contributed by atoms with Crippen LogP contribution < -0.4 is 9.47 Å². The number of hydrogen-bond acceptors (Lipinski definition) is 5. The van der Waals surface area contributed by atoms with Crippen molar-refractivity contribution in [2.45, 2.75) is 24.2 Å². The van der Waals surface area contributed by atoms with E-state index in [1.165, 1.54) is 7.11 Å². The lowest BCUT2D eigenvalue weighted by Gasteiger charge is -2.37. The van der Waals surface area contributed by atoms with Crippen molar-refractivity contribution in [1.82, 2.24) is 9.21 Å². The molecule has 2 aliphatic heterocycles. The lowest BCUT2D eigenvalue weighted by atomic mass is 9.78. The first-order chi connectivity index (χ1) is 11.4. The predicted octanol–water partition coefficient (Wildman–Crippen LogP) is 1.81. The van der Waals surface area contributed by atoms with Crippen LogP contribution in [-0.4, -0.2) is 65.1 Å². The fourth-order valence-electron chi connectivity index (χ4n) is 3.73. The Bertz CT molecular complexity index is 697. The van der Waals surface area contributed by atoms with E-state index in [0.717, 1.165) is 32.4 Å². The maximum atomic E-state index is 13.1. The third-order valence-corrected chi connectivity index (χ3v) is 7.32. The number of methoxy groups -OCH3 is 2. The minimum absolute atomic E-state index is 0.138. The summed E-state index contributed by atoms with van der Waals surface area (Å²) in [6.07, 6.45) is 3.07. The molecule has 0 N–H and O–H groups in total. The quantitative estimate of drug-likeness (QED) is 0.825. The number of nitrogens with zero attached hydrogens (tertiary/aromatic N) is 2. The van der Waals surface area contributed by atoms with Gasteiger partial charge in [0.2, 0.25) is 10.0 Å². The second-order valence-electron chi connectivity index (χ2n) is 6.91. The maximum Gasteiger partial charge on any atom is 0.246 e. The fraction of sp³-hybridized carbons (Fsp3) is 0.647. The Labute approximate surface area is 144 Å². The molecule has 2 saturated heterocycles. The smallest absolute Gasteiger partial charge is 0.246 e. The molecule has 1 spiro atoms. The molecule has 2 aliphatic rings.